The molecule has 0 radical (unpaired) electrons. The quantitative estimate of drug-likeness (QED) is 0.881. The van der Waals surface area contributed by atoms with E-state index in [0.29, 0.717) is 25.1 Å². The Balaban J connectivity index is 1.62. The Bertz CT molecular complexity index is 754. The lowest BCUT2D eigenvalue weighted by molar-refractivity contribution is -0.121. The number of primary amides is 1. The first-order valence-corrected chi connectivity index (χ1v) is 8.54. The molecule has 3 N–H and O–H groups in total. The number of hydrogen-bond acceptors (Lipinski definition) is 3. The number of carbonyl (C=O) groups excluding carboxylic acids is 2. The molecule has 0 aromatic heterocycles. The van der Waals surface area contributed by atoms with Crippen LogP contribution in [0.2, 0.25) is 0 Å². The standard InChI is InChI=1S/C20H23N3O2/c1-14-4-10-17(11-5-14)22-13-15-6-8-16(9-7-15)20(25)23-12-2-3-18(23)19(21)24/h4-11,18,22H,2-3,12-13H2,1H3,(H2,21,24)/t18-/m1/s1. The molecule has 3 rings (SSSR count). The van der Waals surface area contributed by atoms with Crippen LogP contribution in [0, 0.1) is 6.92 Å². The molecule has 1 aliphatic rings. The second kappa shape index (κ2) is 7.38. The van der Waals surface area contributed by atoms with E-state index in [2.05, 4.69) is 24.4 Å². The molecule has 130 valence electrons. The van der Waals surface area contributed by atoms with Gasteiger partial charge in [0.15, 0.2) is 0 Å². The summed E-state index contributed by atoms with van der Waals surface area (Å²) in [7, 11) is 0. The molecule has 1 atom stereocenters. The van der Waals surface area contributed by atoms with E-state index in [1.54, 1.807) is 4.90 Å². The normalized spacial score (nSPS) is 16.7. The Morgan fingerprint density at radius 2 is 1.80 bits per heavy atom. The van der Waals surface area contributed by atoms with Crippen LogP contribution >= 0.6 is 0 Å². The van der Waals surface area contributed by atoms with E-state index >= 15 is 0 Å². The maximum absolute atomic E-state index is 12.6. The van der Waals surface area contributed by atoms with Gasteiger partial charge in [-0.3, -0.25) is 9.59 Å². The average molecular weight is 337 g/mol. The monoisotopic (exact) mass is 337 g/mol. The zero-order chi connectivity index (χ0) is 17.8. The van der Waals surface area contributed by atoms with Crippen molar-refractivity contribution in [2.75, 3.05) is 11.9 Å². The minimum Gasteiger partial charge on any atom is -0.381 e. The maximum Gasteiger partial charge on any atom is 0.254 e. The first-order valence-electron chi connectivity index (χ1n) is 8.54. The summed E-state index contributed by atoms with van der Waals surface area (Å²) in [5, 5.41) is 3.36. The van der Waals surface area contributed by atoms with Crippen LogP contribution < -0.4 is 11.1 Å². The van der Waals surface area contributed by atoms with Crippen LogP contribution in [0.3, 0.4) is 0 Å². The highest BCUT2D eigenvalue weighted by Crippen LogP contribution is 2.20. The number of nitrogens with zero attached hydrogens (tertiary/aromatic N) is 1. The van der Waals surface area contributed by atoms with Crippen LogP contribution in [-0.2, 0) is 11.3 Å². The van der Waals surface area contributed by atoms with Crippen LogP contribution in [-0.4, -0.2) is 29.3 Å². The minimum atomic E-state index is -0.476. The van der Waals surface area contributed by atoms with Crippen LogP contribution in [0.25, 0.3) is 0 Å². The summed E-state index contributed by atoms with van der Waals surface area (Å²) in [4.78, 5) is 25.6. The summed E-state index contributed by atoms with van der Waals surface area (Å²) in [6.07, 6.45) is 1.47. The van der Waals surface area contributed by atoms with Crippen molar-refractivity contribution in [3.63, 3.8) is 0 Å². The number of hydrogen-bond donors (Lipinski definition) is 2. The third-order valence-corrected chi connectivity index (χ3v) is 4.59. The van der Waals surface area contributed by atoms with Gasteiger partial charge in [-0.15, -0.1) is 0 Å². The van der Waals surface area contributed by atoms with Gasteiger partial charge in [-0.05, 0) is 49.6 Å². The molecule has 1 fully saturated rings. The molecule has 0 aliphatic carbocycles. The lowest BCUT2D eigenvalue weighted by Crippen LogP contribution is -2.43. The average Bonchev–Trinajstić information content (AvgIpc) is 3.11. The second-order valence-electron chi connectivity index (χ2n) is 6.48. The van der Waals surface area contributed by atoms with Crippen molar-refractivity contribution in [3.05, 3.63) is 65.2 Å². The smallest absolute Gasteiger partial charge is 0.254 e. The molecule has 0 saturated carbocycles. The van der Waals surface area contributed by atoms with E-state index < -0.39 is 11.9 Å². The number of rotatable bonds is 5. The summed E-state index contributed by atoms with van der Waals surface area (Å²) >= 11 is 0. The van der Waals surface area contributed by atoms with Crippen molar-refractivity contribution in [3.8, 4) is 0 Å². The molecule has 0 unspecified atom stereocenters. The van der Waals surface area contributed by atoms with E-state index in [0.717, 1.165) is 17.7 Å². The van der Waals surface area contributed by atoms with Gasteiger partial charge in [0.2, 0.25) is 5.91 Å². The van der Waals surface area contributed by atoms with E-state index in [1.807, 2.05) is 36.4 Å². The van der Waals surface area contributed by atoms with Crippen molar-refractivity contribution in [2.45, 2.75) is 32.4 Å². The highest BCUT2D eigenvalue weighted by atomic mass is 16.2. The minimum absolute atomic E-state index is 0.126. The largest absolute Gasteiger partial charge is 0.381 e. The van der Waals surface area contributed by atoms with Crippen molar-refractivity contribution in [1.82, 2.24) is 4.90 Å². The Labute approximate surface area is 147 Å². The van der Waals surface area contributed by atoms with Crippen LogP contribution in [0.1, 0.15) is 34.3 Å². The molecule has 1 aliphatic heterocycles. The molecule has 2 amide bonds. The predicted octanol–water partition coefficient (Wildman–Crippen LogP) is 2.70. The summed E-state index contributed by atoms with van der Waals surface area (Å²) < 4.78 is 0. The Kier molecular flexibility index (Phi) is 5.03. The van der Waals surface area contributed by atoms with Gasteiger partial charge in [-0.2, -0.15) is 0 Å². The van der Waals surface area contributed by atoms with E-state index in [9.17, 15) is 9.59 Å². The third-order valence-electron chi connectivity index (χ3n) is 4.59. The van der Waals surface area contributed by atoms with Gasteiger partial charge in [0.25, 0.3) is 5.91 Å². The highest BCUT2D eigenvalue weighted by Gasteiger charge is 2.32. The van der Waals surface area contributed by atoms with Gasteiger partial charge < -0.3 is 16.0 Å². The number of aryl methyl sites for hydroxylation is 1. The summed E-state index contributed by atoms with van der Waals surface area (Å²) in [5.41, 5.74) is 9.36. The molecule has 0 spiro atoms. The number of carbonyl (C=O) groups is 2. The Morgan fingerprint density at radius 1 is 1.12 bits per heavy atom. The summed E-state index contributed by atoms with van der Waals surface area (Å²) in [6.45, 7) is 3.33. The van der Waals surface area contributed by atoms with Gasteiger partial charge in [-0.1, -0.05) is 29.8 Å². The van der Waals surface area contributed by atoms with E-state index in [4.69, 9.17) is 5.73 Å². The molecule has 0 bridgehead atoms. The Morgan fingerprint density at radius 3 is 2.44 bits per heavy atom. The molecular weight excluding hydrogens is 314 g/mol. The fourth-order valence-corrected chi connectivity index (χ4v) is 3.11. The van der Waals surface area contributed by atoms with Crippen molar-refractivity contribution >= 4 is 17.5 Å². The lowest BCUT2D eigenvalue weighted by Gasteiger charge is -2.22. The number of anilines is 1. The summed E-state index contributed by atoms with van der Waals surface area (Å²) in [5.74, 6) is -0.552. The Hall–Kier alpha value is -2.82. The summed E-state index contributed by atoms with van der Waals surface area (Å²) in [6, 6.07) is 15.2. The number of benzene rings is 2. The second-order valence-corrected chi connectivity index (χ2v) is 6.48. The van der Waals surface area contributed by atoms with Gasteiger partial charge in [0.05, 0.1) is 0 Å². The van der Waals surface area contributed by atoms with E-state index in [1.165, 1.54) is 5.56 Å². The fourth-order valence-electron chi connectivity index (χ4n) is 3.11. The van der Waals surface area contributed by atoms with Crippen molar-refractivity contribution in [2.24, 2.45) is 5.73 Å². The van der Waals surface area contributed by atoms with Gasteiger partial charge in [-0.25, -0.2) is 0 Å². The zero-order valence-electron chi connectivity index (χ0n) is 14.4. The number of amides is 2. The molecule has 5 nitrogen and oxygen atoms in total. The fraction of sp³-hybridized carbons (Fsp3) is 0.300. The molecule has 5 heteroatoms. The first kappa shape index (κ1) is 17.0. The lowest BCUT2D eigenvalue weighted by atomic mass is 10.1. The highest BCUT2D eigenvalue weighted by molar-refractivity contribution is 5.97. The maximum atomic E-state index is 12.6. The van der Waals surface area contributed by atoms with Crippen LogP contribution in [0.5, 0.6) is 0 Å². The van der Waals surface area contributed by atoms with Crippen molar-refractivity contribution in [1.29, 1.82) is 0 Å². The van der Waals surface area contributed by atoms with Crippen LogP contribution in [0.4, 0.5) is 5.69 Å². The molecule has 1 saturated heterocycles. The molecule has 2 aromatic rings. The topological polar surface area (TPSA) is 75.4 Å². The molecular formula is C20H23N3O2. The number of nitrogens with two attached hydrogens (primary N) is 1. The molecule has 2 aromatic carbocycles. The molecule has 25 heavy (non-hydrogen) atoms. The van der Waals surface area contributed by atoms with Gasteiger partial charge >= 0.3 is 0 Å². The van der Waals surface area contributed by atoms with E-state index in [-0.39, 0.29) is 5.91 Å². The third kappa shape index (κ3) is 3.99. The zero-order valence-corrected chi connectivity index (χ0v) is 14.4. The van der Waals surface area contributed by atoms with Crippen molar-refractivity contribution < 1.29 is 9.59 Å². The number of nitrogens with one attached hydrogen (secondary N) is 1. The predicted molar refractivity (Wildman–Crippen MR) is 98.2 cm³/mol. The van der Waals surface area contributed by atoms with Gasteiger partial charge in [0.1, 0.15) is 6.04 Å². The first-order chi connectivity index (χ1) is 12.0. The number of likely N-dealkylation sites (tertiary alicyclic amines) is 1. The van der Waals surface area contributed by atoms with Crippen LogP contribution in [0.15, 0.2) is 48.5 Å². The SMILES string of the molecule is Cc1ccc(NCc2ccc(C(=O)N3CCC[C@@H]3C(N)=O)cc2)cc1. The molecule has 1 heterocycles. The van der Waals surface area contributed by atoms with Gasteiger partial charge in [0, 0.05) is 24.3 Å².